The molecule has 0 spiro atoms. The van der Waals surface area contributed by atoms with Crippen molar-refractivity contribution in [2.45, 2.75) is 59.2 Å². The molecule has 4 heterocycles. The van der Waals surface area contributed by atoms with Crippen LogP contribution in [-0.4, -0.2) is 69.0 Å². The first-order chi connectivity index (χ1) is 18.9. The minimum absolute atomic E-state index is 0.0919. The first-order valence-corrected chi connectivity index (χ1v) is 14.0. The molecule has 0 saturated carbocycles. The van der Waals surface area contributed by atoms with E-state index in [9.17, 15) is 4.79 Å². The van der Waals surface area contributed by atoms with Crippen molar-refractivity contribution in [2.24, 2.45) is 0 Å². The second-order valence-electron chi connectivity index (χ2n) is 11.1. The maximum atomic E-state index is 13.7. The highest BCUT2D eigenvalue weighted by Crippen LogP contribution is 2.31. The normalized spacial score (nSPS) is 19.2. The first kappa shape index (κ1) is 25.7. The number of piperazine rings is 1. The largest absolute Gasteiger partial charge is 0.376 e. The van der Waals surface area contributed by atoms with E-state index in [1.165, 1.54) is 22.4 Å². The summed E-state index contributed by atoms with van der Waals surface area (Å²) in [5, 5.41) is 14.0. The number of aromatic nitrogens is 5. The molecule has 2 aromatic heterocycles. The summed E-state index contributed by atoms with van der Waals surface area (Å²) in [6.45, 7) is 13.1. The summed E-state index contributed by atoms with van der Waals surface area (Å²) in [4.78, 5) is 21.7. The molecule has 2 aliphatic rings. The minimum Gasteiger partial charge on any atom is -0.376 e. The van der Waals surface area contributed by atoms with Crippen LogP contribution in [0.3, 0.4) is 0 Å². The number of benzene rings is 2. The number of anilines is 1. The molecule has 2 saturated heterocycles. The monoisotopic (exact) mass is 527 g/mol. The van der Waals surface area contributed by atoms with E-state index in [1.807, 2.05) is 17.7 Å². The molecule has 0 bridgehead atoms. The number of rotatable bonds is 6. The van der Waals surface area contributed by atoms with Crippen molar-refractivity contribution in [1.82, 2.24) is 30.1 Å². The van der Waals surface area contributed by atoms with Gasteiger partial charge in [-0.15, -0.1) is 5.10 Å². The summed E-state index contributed by atoms with van der Waals surface area (Å²) in [6, 6.07) is 12.4. The van der Waals surface area contributed by atoms with Gasteiger partial charge in [-0.05, 0) is 91.2 Å². The smallest absolute Gasteiger partial charge is 0.253 e. The van der Waals surface area contributed by atoms with Crippen molar-refractivity contribution in [3.8, 4) is 0 Å². The lowest BCUT2D eigenvalue weighted by Gasteiger charge is -2.40. The summed E-state index contributed by atoms with van der Waals surface area (Å²) < 4.78 is 7.75. The van der Waals surface area contributed by atoms with Crippen molar-refractivity contribution in [3.05, 3.63) is 80.4 Å². The van der Waals surface area contributed by atoms with Gasteiger partial charge in [0.25, 0.3) is 5.56 Å². The van der Waals surface area contributed by atoms with Gasteiger partial charge in [0, 0.05) is 44.0 Å². The van der Waals surface area contributed by atoms with E-state index in [4.69, 9.17) is 4.74 Å². The molecule has 0 unspecified atom stereocenters. The minimum atomic E-state index is -0.365. The van der Waals surface area contributed by atoms with Gasteiger partial charge >= 0.3 is 0 Å². The SMILES string of the molecule is Cc1cc(C)c2[nH]c(=O)c([C@@H](c3nnnn3C[C@H]3CCCO3)N3CCN(c4cccc(C)c4C)CC3)cc2c1. The van der Waals surface area contributed by atoms with Crippen molar-refractivity contribution in [1.29, 1.82) is 0 Å². The highest BCUT2D eigenvalue weighted by Gasteiger charge is 2.34. The molecule has 0 amide bonds. The van der Waals surface area contributed by atoms with Gasteiger partial charge in [0.05, 0.1) is 18.2 Å². The third-order valence-corrected chi connectivity index (χ3v) is 8.42. The van der Waals surface area contributed by atoms with Crippen LogP contribution in [0, 0.1) is 27.7 Å². The van der Waals surface area contributed by atoms with Crippen LogP contribution in [0.5, 0.6) is 0 Å². The molecule has 9 nitrogen and oxygen atoms in total. The Morgan fingerprint density at radius 3 is 2.64 bits per heavy atom. The van der Waals surface area contributed by atoms with Gasteiger partial charge in [-0.2, -0.15) is 0 Å². The number of hydrogen-bond donors (Lipinski definition) is 1. The standard InChI is InChI=1S/C30H37N7O2/c1-19-15-21(3)27-23(16-19)17-25(30(38)31-27)28(29-32-33-34-37(29)18-24-8-6-14-39-24)36-12-10-35(11-13-36)26-9-5-7-20(2)22(26)4/h5,7,9,15-17,24,28H,6,8,10-14,18H2,1-4H3,(H,31,38)/t24-,28+/m1/s1. The Morgan fingerprint density at radius 2 is 1.87 bits per heavy atom. The van der Waals surface area contributed by atoms with Gasteiger partial charge in [0.2, 0.25) is 0 Å². The zero-order chi connectivity index (χ0) is 27.1. The predicted octanol–water partition coefficient (Wildman–Crippen LogP) is 3.84. The molecule has 2 aromatic carbocycles. The number of H-pyrrole nitrogens is 1. The van der Waals surface area contributed by atoms with Crippen LogP contribution >= 0.6 is 0 Å². The number of ether oxygens (including phenoxy) is 1. The summed E-state index contributed by atoms with van der Waals surface area (Å²) in [5.74, 6) is 0.694. The van der Waals surface area contributed by atoms with Crippen LogP contribution in [0.15, 0.2) is 41.2 Å². The quantitative estimate of drug-likeness (QED) is 0.407. The van der Waals surface area contributed by atoms with E-state index in [0.29, 0.717) is 17.9 Å². The van der Waals surface area contributed by atoms with Crippen molar-refractivity contribution in [3.63, 3.8) is 0 Å². The Labute approximate surface area is 228 Å². The lowest BCUT2D eigenvalue weighted by Crippen LogP contribution is -2.49. The second kappa shape index (κ2) is 10.5. The molecular formula is C30H37N7O2. The van der Waals surface area contributed by atoms with Gasteiger partial charge in [-0.3, -0.25) is 9.69 Å². The van der Waals surface area contributed by atoms with E-state index in [-0.39, 0.29) is 17.7 Å². The summed E-state index contributed by atoms with van der Waals surface area (Å²) >= 11 is 0. The molecule has 1 N–H and O–H groups in total. The molecule has 204 valence electrons. The van der Waals surface area contributed by atoms with E-state index < -0.39 is 0 Å². The van der Waals surface area contributed by atoms with Crippen molar-refractivity contribution in [2.75, 3.05) is 37.7 Å². The molecule has 4 aromatic rings. The second-order valence-corrected chi connectivity index (χ2v) is 11.1. The number of nitrogens with one attached hydrogen (secondary N) is 1. The van der Waals surface area contributed by atoms with Gasteiger partial charge in [0.15, 0.2) is 5.82 Å². The van der Waals surface area contributed by atoms with Gasteiger partial charge < -0.3 is 14.6 Å². The summed E-state index contributed by atoms with van der Waals surface area (Å²) in [5.41, 5.74) is 7.60. The van der Waals surface area contributed by atoms with E-state index >= 15 is 0 Å². The molecule has 2 atom stereocenters. The molecule has 2 aliphatic heterocycles. The molecule has 0 radical (unpaired) electrons. The van der Waals surface area contributed by atoms with Crippen LogP contribution in [0.2, 0.25) is 0 Å². The number of fused-ring (bicyclic) bond motifs is 1. The number of hydrogen-bond acceptors (Lipinski definition) is 7. The van der Waals surface area contributed by atoms with Crippen LogP contribution < -0.4 is 10.5 Å². The Hall–Kier alpha value is -3.56. The summed E-state index contributed by atoms with van der Waals surface area (Å²) in [6.07, 6.45) is 2.14. The van der Waals surface area contributed by atoms with E-state index in [0.717, 1.165) is 62.1 Å². The predicted molar refractivity (Wildman–Crippen MR) is 152 cm³/mol. The lowest BCUT2D eigenvalue weighted by molar-refractivity contribution is 0.0906. The zero-order valence-corrected chi connectivity index (χ0v) is 23.3. The average molecular weight is 528 g/mol. The molecule has 9 heteroatoms. The number of aryl methyl sites for hydroxylation is 3. The van der Waals surface area contributed by atoms with Gasteiger partial charge in [0.1, 0.15) is 6.04 Å². The van der Waals surface area contributed by atoms with Crippen LogP contribution in [0.4, 0.5) is 5.69 Å². The first-order valence-electron chi connectivity index (χ1n) is 14.0. The van der Waals surface area contributed by atoms with Crippen LogP contribution in [0.1, 0.15) is 52.5 Å². The number of pyridine rings is 1. The molecule has 6 rings (SSSR count). The van der Waals surface area contributed by atoms with E-state index in [2.05, 4.69) is 81.4 Å². The number of nitrogens with zero attached hydrogens (tertiary/aromatic N) is 6. The Bertz CT molecular complexity index is 1540. The fourth-order valence-corrected chi connectivity index (χ4v) is 6.22. The summed E-state index contributed by atoms with van der Waals surface area (Å²) in [7, 11) is 0. The van der Waals surface area contributed by atoms with Gasteiger partial charge in [-0.1, -0.05) is 23.8 Å². The average Bonchev–Trinajstić information content (AvgIpc) is 3.60. The lowest BCUT2D eigenvalue weighted by atomic mass is 10.00. The Morgan fingerprint density at radius 1 is 1.05 bits per heavy atom. The molecule has 2 fully saturated rings. The Balaban J connectivity index is 1.38. The van der Waals surface area contributed by atoms with E-state index in [1.54, 1.807) is 0 Å². The maximum absolute atomic E-state index is 13.7. The number of tetrazole rings is 1. The Kier molecular flexibility index (Phi) is 6.95. The van der Waals surface area contributed by atoms with Crippen LogP contribution in [0.25, 0.3) is 10.9 Å². The highest BCUT2D eigenvalue weighted by atomic mass is 16.5. The topological polar surface area (TPSA) is 92.2 Å². The van der Waals surface area contributed by atoms with Crippen molar-refractivity contribution < 1.29 is 4.74 Å². The van der Waals surface area contributed by atoms with Crippen LogP contribution in [-0.2, 0) is 11.3 Å². The molecule has 0 aliphatic carbocycles. The third-order valence-electron chi connectivity index (χ3n) is 8.42. The highest BCUT2D eigenvalue weighted by molar-refractivity contribution is 5.83. The zero-order valence-electron chi connectivity index (χ0n) is 23.3. The number of aromatic amines is 1. The fraction of sp³-hybridized carbons (Fsp3) is 0.467. The fourth-order valence-electron chi connectivity index (χ4n) is 6.22. The maximum Gasteiger partial charge on any atom is 0.253 e. The molecular weight excluding hydrogens is 490 g/mol. The molecule has 39 heavy (non-hydrogen) atoms. The van der Waals surface area contributed by atoms with Gasteiger partial charge in [-0.25, -0.2) is 4.68 Å². The van der Waals surface area contributed by atoms with Crippen molar-refractivity contribution >= 4 is 16.6 Å². The third kappa shape index (κ3) is 4.96.